The molecule has 0 bridgehead atoms. The van der Waals surface area contributed by atoms with Gasteiger partial charge in [0.05, 0.1) is 11.0 Å². The fourth-order valence-corrected chi connectivity index (χ4v) is 4.21. The molecule has 152 valence electrons. The molecule has 0 fully saturated rings. The molecule has 0 atom stereocenters. The molecule has 0 saturated carbocycles. The Labute approximate surface area is 176 Å². The van der Waals surface area contributed by atoms with Crippen LogP contribution in [-0.4, -0.2) is 37.3 Å². The smallest absolute Gasteiger partial charge is 0.232 e. The summed E-state index contributed by atoms with van der Waals surface area (Å²) in [6, 6.07) is 14.6. The Bertz CT molecular complexity index is 1270. The Morgan fingerprint density at radius 1 is 0.833 bits per heavy atom. The first-order valence-electron chi connectivity index (χ1n) is 10.1. The van der Waals surface area contributed by atoms with Crippen LogP contribution >= 0.6 is 0 Å². The molecule has 0 spiro atoms. The van der Waals surface area contributed by atoms with Crippen molar-refractivity contribution in [1.29, 1.82) is 0 Å². The van der Waals surface area contributed by atoms with Crippen molar-refractivity contribution >= 4 is 22.7 Å². The molecule has 1 aliphatic rings. The van der Waals surface area contributed by atoms with Crippen molar-refractivity contribution in [3.8, 4) is 11.4 Å². The van der Waals surface area contributed by atoms with Crippen molar-refractivity contribution in [2.45, 2.75) is 40.3 Å². The highest BCUT2D eigenvalue weighted by Gasteiger charge is 2.44. The highest BCUT2D eigenvalue weighted by molar-refractivity contribution is 5.84. The molecule has 2 aromatic carbocycles. The van der Waals surface area contributed by atoms with E-state index < -0.39 is 0 Å². The van der Waals surface area contributed by atoms with E-state index in [1.165, 1.54) is 5.56 Å². The molecule has 0 unspecified atom stereocenters. The van der Waals surface area contributed by atoms with Crippen molar-refractivity contribution < 1.29 is 0 Å². The number of hydrogen-bond acceptors (Lipinski definition) is 6. The SMILES string of the molecule is Cc1nc(C)nc(-c2ccc(C)c(N3c4nc5ccccc5n4N(C)C3(C)C)c2)n1. The first-order chi connectivity index (χ1) is 14.3. The maximum Gasteiger partial charge on any atom is 0.232 e. The van der Waals surface area contributed by atoms with E-state index in [4.69, 9.17) is 4.98 Å². The molecule has 2 aromatic heterocycles. The summed E-state index contributed by atoms with van der Waals surface area (Å²) in [5.41, 5.74) is 5.01. The zero-order chi connectivity index (χ0) is 21.2. The normalized spacial score (nSPS) is 15.1. The molecule has 0 N–H and O–H groups in total. The van der Waals surface area contributed by atoms with Gasteiger partial charge >= 0.3 is 0 Å². The molecule has 30 heavy (non-hydrogen) atoms. The van der Waals surface area contributed by atoms with Crippen LogP contribution in [0, 0.1) is 20.8 Å². The van der Waals surface area contributed by atoms with E-state index in [2.05, 4.69) is 93.8 Å². The van der Waals surface area contributed by atoms with Gasteiger partial charge in [-0.15, -0.1) is 0 Å². The zero-order valence-electron chi connectivity index (χ0n) is 18.2. The summed E-state index contributed by atoms with van der Waals surface area (Å²) in [6.07, 6.45) is 0. The van der Waals surface area contributed by atoms with Gasteiger partial charge in [-0.25, -0.2) is 24.6 Å². The largest absolute Gasteiger partial charge is 0.288 e. The summed E-state index contributed by atoms with van der Waals surface area (Å²) in [5, 5.41) is 2.24. The predicted molar refractivity (Wildman–Crippen MR) is 120 cm³/mol. The number of aryl methyl sites for hydroxylation is 3. The van der Waals surface area contributed by atoms with Crippen LogP contribution in [0.15, 0.2) is 42.5 Å². The lowest BCUT2D eigenvalue weighted by Gasteiger charge is -2.38. The number of imidazole rings is 1. The third-order valence-electron chi connectivity index (χ3n) is 5.93. The van der Waals surface area contributed by atoms with E-state index in [9.17, 15) is 0 Å². The van der Waals surface area contributed by atoms with Crippen molar-refractivity contribution in [2.24, 2.45) is 0 Å². The van der Waals surface area contributed by atoms with E-state index in [0.29, 0.717) is 5.82 Å². The van der Waals surface area contributed by atoms with Gasteiger partial charge in [0.1, 0.15) is 17.3 Å². The third-order valence-corrected chi connectivity index (χ3v) is 5.93. The van der Waals surface area contributed by atoms with Gasteiger partial charge in [0, 0.05) is 18.3 Å². The third kappa shape index (κ3) is 2.58. The minimum absolute atomic E-state index is 0.305. The summed E-state index contributed by atoms with van der Waals surface area (Å²) in [4.78, 5) is 20.7. The molecule has 7 nitrogen and oxygen atoms in total. The van der Waals surface area contributed by atoms with E-state index in [0.717, 1.165) is 39.9 Å². The quantitative estimate of drug-likeness (QED) is 0.502. The fraction of sp³-hybridized carbons (Fsp3) is 0.304. The number of hydrogen-bond donors (Lipinski definition) is 0. The van der Waals surface area contributed by atoms with E-state index in [-0.39, 0.29) is 5.66 Å². The van der Waals surface area contributed by atoms with Crippen LogP contribution in [0.25, 0.3) is 22.4 Å². The summed E-state index contributed by atoms with van der Waals surface area (Å²) in [5.74, 6) is 3.05. The number of benzene rings is 2. The lowest BCUT2D eigenvalue weighted by atomic mass is 10.1. The summed E-state index contributed by atoms with van der Waals surface area (Å²) in [7, 11) is 2.11. The average molecular weight is 400 g/mol. The molecule has 4 aromatic rings. The number of anilines is 2. The minimum Gasteiger partial charge on any atom is -0.288 e. The lowest BCUT2D eigenvalue weighted by molar-refractivity contribution is 0.466. The number of fused-ring (bicyclic) bond motifs is 3. The van der Waals surface area contributed by atoms with Crippen molar-refractivity contribution in [1.82, 2.24) is 24.6 Å². The maximum absolute atomic E-state index is 4.97. The number of aromatic nitrogens is 5. The van der Waals surface area contributed by atoms with Crippen LogP contribution in [-0.2, 0) is 0 Å². The summed E-state index contributed by atoms with van der Waals surface area (Å²) in [6.45, 7) is 10.3. The van der Waals surface area contributed by atoms with Gasteiger partial charge in [-0.3, -0.25) is 9.91 Å². The van der Waals surface area contributed by atoms with Crippen molar-refractivity contribution in [2.75, 3.05) is 17.0 Å². The maximum atomic E-state index is 4.97. The molecular formula is C23H25N7. The molecule has 0 aliphatic carbocycles. The first-order valence-corrected chi connectivity index (χ1v) is 10.1. The average Bonchev–Trinajstić information content (AvgIpc) is 3.14. The second kappa shape index (κ2) is 6.26. The number of nitrogens with zero attached hydrogens (tertiary/aromatic N) is 7. The summed E-state index contributed by atoms with van der Waals surface area (Å²) < 4.78 is 2.19. The van der Waals surface area contributed by atoms with Gasteiger partial charge in [-0.05, 0) is 58.4 Å². The standard InChI is InChI=1S/C23H25N7/c1-14-11-12-17(21-25-15(2)24-16(3)26-21)13-20(14)29-22-27-18-9-7-8-10-19(18)30(22)28(6)23(29,4)5/h7-13H,1-6H3. The van der Waals surface area contributed by atoms with Crippen molar-refractivity contribution in [3.05, 3.63) is 59.7 Å². The highest BCUT2D eigenvalue weighted by atomic mass is 15.7. The molecule has 0 radical (unpaired) electrons. The molecule has 5 rings (SSSR count). The highest BCUT2D eigenvalue weighted by Crippen LogP contribution is 2.43. The van der Waals surface area contributed by atoms with E-state index in [1.807, 2.05) is 19.9 Å². The molecule has 0 amide bonds. The molecule has 0 saturated heterocycles. The van der Waals surface area contributed by atoms with Crippen LogP contribution in [0.4, 0.5) is 11.6 Å². The Morgan fingerprint density at radius 3 is 2.27 bits per heavy atom. The van der Waals surface area contributed by atoms with Gasteiger partial charge in [0.2, 0.25) is 5.95 Å². The van der Waals surface area contributed by atoms with Gasteiger partial charge < -0.3 is 0 Å². The Hall–Kier alpha value is -3.48. The second-order valence-corrected chi connectivity index (χ2v) is 8.32. The first kappa shape index (κ1) is 18.5. The van der Waals surface area contributed by atoms with Crippen LogP contribution < -0.4 is 9.91 Å². The molecule has 1 aliphatic heterocycles. The van der Waals surface area contributed by atoms with Crippen LogP contribution in [0.2, 0.25) is 0 Å². The predicted octanol–water partition coefficient (Wildman–Crippen LogP) is 4.27. The Kier molecular flexibility index (Phi) is 3.87. The van der Waals surface area contributed by atoms with Gasteiger partial charge in [0.25, 0.3) is 0 Å². The Balaban J connectivity index is 1.72. The van der Waals surface area contributed by atoms with Crippen molar-refractivity contribution in [3.63, 3.8) is 0 Å². The molecular weight excluding hydrogens is 374 g/mol. The van der Waals surface area contributed by atoms with Gasteiger partial charge in [-0.2, -0.15) is 0 Å². The molecule has 7 heteroatoms. The topological polar surface area (TPSA) is 63.0 Å². The Morgan fingerprint density at radius 2 is 1.53 bits per heavy atom. The lowest BCUT2D eigenvalue weighted by Crippen LogP contribution is -2.51. The van der Waals surface area contributed by atoms with Crippen LogP contribution in [0.5, 0.6) is 0 Å². The van der Waals surface area contributed by atoms with E-state index >= 15 is 0 Å². The minimum atomic E-state index is -0.305. The second-order valence-electron chi connectivity index (χ2n) is 8.32. The van der Waals surface area contributed by atoms with Gasteiger partial charge in [0.15, 0.2) is 5.82 Å². The van der Waals surface area contributed by atoms with Crippen LogP contribution in [0.3, 0.4) is 0 Å². The molecule has 3 heterocycles. The number of rotatable bonds is 2. The monoisotopic (exact) mass is 399 g/mol. The van der Waals surface area contributed by atoms with Crippen LogP contribution in [0.1, 0.15) is 31.1 Å². The van der Waals surface area contributed by atoms with Gasteiger partial charge in [-0.1, -0.05) is 24.3 Å². The number of para-hydroxylation sites is 2. The zero-order valence-corrected chi connectivity index (χ0v) is 18.2. The van der Waals surface area contributed by atoms with E-state index in [1.54, 1.807) is 0 Å². The fourth-order valence-electron chi connectivity index (χ4n) is 4.21. The summed E-state index contributed by atoms with van der Waals surface area (Å²) >= 11 is 0.